The maximum absolute atomic E-state index is 13.8. The molecule has 0 saturated carbocycles. The van der Waals surface area contributed by atoms with Gasteiger partial charge in [-0.1, -0.05) is 23.2 Å². The zero-order valence-corrected chi connectivity index (χ0v) is 21.5. The number of nitrogens with two attached hydrogens (primary N) is 1. The minimum atomic E-state index is -0.730. The van der Waals surface area contributed by atoms with Crippen molar-refractivity contribution in [2.24, 2.45) is 10.7 Å². The Kier molecular flexibility index (Phi) is 7.89. The zero-order chi connectivity index (χ0) is 26.9. The Labute approximate surface area is 222 Å². The second-order valence-corrected chi connectivity index (χ2v) is 9.39. The summed E-state index contributed by atoms with van der Waals surface area (Å²) in [4.78, 5) is 30.5. The van der Waals surface area contributed by atoms with Crippen molar-refractivity contribution in [3.8, 4) is 5.75 Å². The summed E-state index contributed by atoms with van der Waals surface area (Å²) < 4.78 is 38.4. The van der Waals surface area contributed by atoms with Crippen LogP contribution in [0.15, 0.2) is 46.6 Å². The predicted octanol–water partition coefficient (Wildman–Crippen LogP) is 4.33. The van der Waals surface area contributed by atoms with Crippen molar-refractivity contribution in [1.29, 1.82) is 0 Å². The van der Waals surface area contributed by atoms with Crippen LogP contribution in [-0.4, -0.2) is 61.5 Å². The number of hydrogen-bond donors (Lipinski definition) is 2. The van der Waals surface area contributed by atoms with E-state index in [1.165, 1.54) is 36.2 Å². The van der Waals surface area contributed by atoms with Crippen molar-refractivity contribution >= 4 is 40.9 Å². The number of aliphatic imine (C=N–C) groups is 1. The number of carbonyl (C=O) groups excluding carboxylic acids is 2. The van der Waals surface area contributed by atoms with Crippen molar-refractivity contribution in [3.05, 3.63) is 74.4 Å². The number of benzene rings is 2. The van der Waals surface area contributed by atoms with E-state index in [-0.39, 0.29) is 46.6 Å². The number of alkyl carbamates (subject to hydrolysis) is 1. The summed E-state index contributed by atoms with van der Waals surface area (Å²) in [5.74, 6) is -1.71. The zero-order valence-electron chi connectivity index (χ0n) is 20.0. The molecule has 0 unspecified atom stereocenters. The number of nitrogens with zero attached hydrogens (tertiary/aromatic N) is 2. The van der Waals surface area contributed by atoms with Gasteiger partial charge in [0.15, 0.2) is 6.10 Å². The molecule has 0 radical (unpaired) electrons. The van der Waals surface area contributed by atoms with Gasteiger partial charge in [0.2, 0.25) is 0 Å². The Bertz CT molecular complexity index is 1300. The Morgan fingerprint density at radius 1 is 1.24 bits per heavy atom. The molecular formula is C25H24Cl2F2N4O4. The highest BCUT2D eigenvalue weighted by molar-refractivity contribution is 6.37. The largest absolute Gasteiger partial charge is 0.488 e. The van der Waals surface area contributed by atoms with Crippen molar-refractivity contribution in [2.45, 2.75) is 25.5 Å². The predicted molar refractivity (Wildman–Crippen MR) is 135 cm³/mol. The molecule has 2 aromatic carbocycles. The molecule has 2 aromatic rings. The summed E-state index contributed by atoms with van der Waals surface area (Å²) in [6.45, 7) is 2.29. The second-order valence-electron chi connectivity index (χ2n) is 8.57. The summed E-state index contributed by atoms with van der Waals surface area (Å²) in [5.41, 5.74) is 8.10. The quantitative estimate of drug-likeness (QED) is 0.519. The highest BCUT2D eigenvalue weighted by Crippen LogP contribution is 2.35. The van der Waals surface area contributed by atoms with Gasteiger partial charge >= 0.3 is 6.09 Å². The summed E-state index contributed by atoms with van der Waals surface area (Å²) in [7, 11) is 1.51. The fourth-order valence-electron chi connectivity index (χ4n) is 4.34. The molecule has 8 nitrogen and oxygen atoms in total. The lowest BCUT2D eigenvalue weighted by atomic mass is 9.91. The lowest BCUT2D eigenvalue weighted by Gasteiger charge is -2.36. The van der Waals surface area contributed by atoms with Crippen LogP contribution in [0.5, 0.6) is 5.75 Å². The molecule has 37 heavy (non-hydrogen) atoms. The van der Waals surface area contributed by atoms with E-state index >= 15 is 0 Å². The molecule has 12 heteroatoms. The molecule has 0 spiro atoms. The number of rotatable bonds is 6. The summed E-state index contributed by atoms with van der Waals surface area (Å²) >= 11 is 12.8. The number of halogens is 4. The first-order chi connectivity index (χ1) is 17.6. The number of hydrogen-bond acceptors (Lipinski definition) is 6. The topological polar surface area (TPSA) is 106 Å². The minimum Gasteiger partial charge on any atom is -0.488 e. The lowest BCUT2D eigenvalue weighted by Crippen LogP contribution is -2.46. The van der Waals surface area contributed by atoms with E-state index in [4.69, 9.17) is 38.4 Å². The van der Waals surface area contributed by atoms with Gasteiger partial charge in [0.05, 0.1) is 28.9 Å². The molecule has 1 fully saturated rings. The van der Waals surface area contributed by atoms with E-state index in [1.54, 1.807) is 6.92 Å². The number of ether oxygens (including phenoxy) is 2. The Morgan fingerprint density at radius 2 is 1.95 bits per heavy atom. The second kappa shape index (κ2) is 10.9. The van der Waals surface area contributed by atoms with Crippen molar-refractivity contribution in [1.82, 2.24) is 10.2 Å². The molecule has 1 saturated heterocycles. The number of amides is 2. The standard InChI is InChI=1S/C25H24Cl2F2N4O4/c1-12-22(30)18(23(31-2)13-5-15(28)9-16(29)6-13)3-4-33(12)24(34)19-7-14(26)8-20(21(19)27)36-11-17-10-32-25(35)37-17/h5-9,12,17H,3-4,10-11,30H2,1-2H3,(H,32,35)/t12-,17+/m0/s1. The van der Waals surface area contributed by atoms with Gasteiger partial charge in [-0.15, -0.1) is 0 Å². The molecule has 0 bridgehead atoms. The third kappa shape index (κ3) is 5.65. The van der Waals surface area contributed by atoms with Gasteiger partial charge in [-0.2, -0.15) is 0 Å². The van der Waals surface area contributed by atoms with Crippen molar-refractivity contribution in [2.75, 3.05) is 26.7 Å². The lowest BCUT2D eigenvalue weighted by molar-refractivity contribution is 0.0706. The van der Waals surface area contributed by atoms with Gasteiger partial charge < -0.3 is 25.4 Å². The fourth-order valence-corrected chi connectivity index (χ4v) is 4.79. The van der Waals surface area contributed by atoms with Gasteiger partial charge in [0.25, 0.3) is 5.91 Å². The molecule has 0 aromatic heterocycles. The monoisotopic (exact) mass is 552 g/mol. The minimum absolute atomic E-state index is 0.0192. The average molecular weight is 553 g/mol. The van der Waals surface area contributed by atoms with Crippen LogP contribution in [0.2, 0.25) is 10.0 Å². The van der Waals surface area contributed by atoms with Crippen LogP contribution in [0.1, 0.15) is 29.3 Å². The Balaban J connectivity index is 1.57. The molecule has 2 heterocycles. The summed E-state index contributed by atoms with van der Waals surface area (Å²) in [6, 6.07) is 5.48. The average Bonchev–Trinajstić information content (AvgIpc) is 3.26. The third-order valence-corrected chi connectivity index (χ3v) is 6.79. The van der Waals surface area contributed by atoms with Crippen LogP contribution in [-0.2, 0) is 4.74 Å². The van der Waals surface area contributed by atoms with E-state index in [0.717, 1.165) is 6.07 Å². The molecule has 2 aliphatic rings. The van der Waals surface area contributed by atoms with Gasteiger partial charge in [-0.3, -0.25) is 9.79 Å². The van der Waals surface area contributed by atoms with Gasteiger partial charge in [0, 0.05) is 47.6 Å². The summed E-state index contributed by atoms with van der Waals surface area (Å²) in [5, 5.41) is 2.80. The van der Waals surface area contributed by atoms with Gasteiger partial charge in [-0.05, 0) is 31.5 Å². The van der Waals surface area contributed by atoms with E-state index in [2.05, 4.69) is 10.3 Å². The van der Waals surface area contributed by atoms with Crippen LogP contribution < -0.4 is 15.8 Å². The van der Waals surface area contributed by atoms with Gasteiger partial charge in [-0.25, -0.2) is 13.6 Å². The van der Waals surface area contributed by atoms with Crippen LogP contribution in [0.4, 0.5) is 13.6 Å². The first-order valence-corrected chi connectivity index (χ1v) is 12.1. The smallest absolute Gasteiger partial charge is 0.407 e. The van der Waals surface area contributed by atoms with E-state index in [9.17, 15) is 18.4 Å². The van der Waals surface area contributed by atoms with Gasteiger partial charge in [0.1, 0.15) is 24.0 Å². The van der Waals surface area contributed by atoms with Crippen LogP contribution in [0.3, 0.4) is 0 Å². The number of nitrogens with one attached hydrogen (secondary N) is 1. The maximum Gasteiger partial charge on any atom is 0.407 e. The molecule has 2 atom stereocenters. The van der Waals surface area contributed by atoms with E-state index in [1.807, 2.05) is 0 Å². The van der Waals surface area contributed by atoms with Crippen LogP contribution in [0, 0.1) is 11.6 Å². The first kappa shape index (κ1) is 26.7. The highest BCUT2D eigenvalue weighted by atomic mass is 35.5. The Morgan fingerprint density at radius 3 is 2.57 bits per heavy atom. The van der Waals surface area contributed by atoms with E-state index < -0.39 is 35.8 Å². The highest BCUT2D eigenvalue weighted by Gasteiger charge is 2.33. The van der Waals surface area contributed by atoms with E-state index in [0.29, 0.717) is 23.4 Å². The molecule has 2 amide bonds. The number of cyclic esters (lactones) is 1. The fraction of sp³-hybridized carbons (Fsp3) is 0.320. The maximum atomic E-state index is 13.8. The molecule has 196 valence electrons. The normalized spacial score (nSPS) is 20.1. The van der Waals surface area contributed by atoms with Crippen molar-refractivity contribution in [3.63, 3.8) is 0 Å². The molecule has 0 aliphatic carbocycles. The number of carbonyl (C=O) groups is 2. The molecule has 2 aliphatic heterocycles. The summed E-state index contributed by atoms with van der Waals surface area (Å²) in [6.07, 6.45) is -0.744. The SMILES string of the molecule is CN=C(C1=C(N)[C@H](C)N(C(=O)c2cc(Cl)cc(OC[C@H]3CNC(=O)O3)c2Cl)CC1)c1cc(F)cc(F)c1. The Hall–Kier alpha value is -3.37. The van der Waals surface area contributed by atoms with Crippen LogP contribution >= 0.6 is 23.2 Å². The molecular weight excluding hydrogens is 529 g/mol. The third-order valence-electron chi connectivity index (χ3n) is 6.18. The first-order valence-electron chi connectivity index (χ1n) is 11.4. The molecule has 4 rings (SSSR count). The molecule has 3 N–H and O–H groups in total. The van der Waals surface area contributed by atoms with Crippen molar-refractivity contribution < 1.29 is 27.8 Å². The van der Waals surface area contributed by atoms with Crippen LogP contribution in [0.25, 0.3) is 0 Å².